The van der Waals surface area contributed by atoms with E-state index in [1.807, 2.05) is 19.4 Å². The second-order valence-corrected chi connectivity index (χ2v) is 4.50. The van der Waals surface area contributed by atoms with Crippen molar-refractivity contribution >= 4 is 0 Å². The van der Waals surface area contributed by atoms with Crippen LogP contribution in [-0.4, -0.2) is 42.6 Å². The zero-order chi connectivity index (χ0) is 11.2. The number of nitrogens with zero attached hydrogens (tertiary/aromatic N) is 2. The topological polar surface area (TPSA) is 28.2 Å². The molecule has 0 saturated carbocycles. The molecule has 2 rings (SSSR count). The number of hydrogen-bond acceptors (Lipinski definition) is 3. The minimum Gasteiger partial charge on any atom is -0.318 e. The molecule has 0 spiro atoms. The van der Waals surface area contributed by atoms with E-state index in [0.29, 0.717) is 0 Å². The van der Waals surface area contributed by atoms with Crippen LogP contribution in [0.3, 0.4) is 0 Å². The third kappa shape index (κ3) is 3.03. The van der Waals surface area contributed by atoms with Gasteiger partial charge in [-0.15, -0.1) is 0 Å². The van der Waals surface area contributed by atoms with E-state index < -0.39 is 0 Å². The van der Waals surface area contributed by atoms with Crippen molar-refractivity contribution in [3.8, 4) is 0 Å². The summed E-state index contributed by atoms with van der Waals surface area (Å²) >= 11 is 0. The van der Waals surface area contributed by atoms with E-state index in [2.05, 4.69) is 27.3 Å². The lowest BCUT2D eigenvalue weighted by Crippen LogP contribution is -2.37. The van der Waals surface area contributed by atoms with Crippen molar-refractivity contribution in [3.63, 3.8) is 0 Å². The number of aromatic nitrogens is 1. The van der Waals surface area contributed by atoms with Gasteiger partial charge in [0.2, 0.25) is 0 Å². The van der Waals surface area contributed by atoms with Crippen molar-refractivity contribution in [2.75, 3.05) is 26.7 Å². The Morgan fingerprint density at radius 3 is 3.00 bits per heavy atom. The first-order valence-corrected chi connectivity index (χ1v) is 6.17. The molecule has 1 aliphatic heterocycles. The Morgan fingerprint density at radius 2 is 2.25 bits per heavy atom. The smallest absolute Gasteiger partial charge is 0.0270 e. The largest absolute Gasteiger partial charge is 0.318 e. The highest BCUT2D eigenvalue weighted by atomic mass is 15.2. The minimum atomic E-state index is 0.742. The summed E-state index contributed by atoms with van der Waals surface area (Å²) in [5, 5.41) is 3.29. The van der Waals surface area contributed by atoms with Crippen LogP contribution in [-0.2, 0) is 6.42 Å². The van der Waals surface area contributed by atoms with E-state index in [4.69, 9.17) is 0 Å². The van der Waals surface area contributed by atoms with Gasteiger partial charge >= 0.3 is 0 Å². The quantitative estimate of drug-likeness (QED) is 0.809. The molecule has 1 atom stereocenters. The fourth-order valence-electron chi connectivity index (χ4n) is 2.48. The van der Waals surface area contributed by atoms with E-state index >= 15 is 0 Å². The van der Waals surface area contributed by atoms with Gasteiger partial charge in [-0.2, -0.15) is 0 Å². The first kappa shape index (κ1) is 11.6. The first-order chi connectivity index (χ1) is 7.90. The fraction of sp³-hybridized carbons (Fsp3) is 0.615. The normalized spacial score (nSPS) is 21.4. The molecule has 2 heterocycles. The summed E-state index contributed by atoms with van der Waals surface area (Å²) in [7, 11) is 2.04. The van der Waals surface area contributed by atoms with Crippen molar-refractivity contribution in [2.24, 2.45) is 0 Å². The van der Waals surface area contributed by atoms with E-state index in [1.165, 1.54) is 31.5 Å². The first-order valence-electron chi connectivity index (χ1n) is 6.17. The molecule has 1 aliphatic rings. The van der Waals surface area contributed by atoms with Crippen molar-refractivity contribution in [1.82, 2.24) is 15.2 Å². The van der Waals surface area contributed by atoms with E-state index in [1.54, 1.807) is 0 Å². The van der Waals surface area contributed by atoms with Crippen molar-refractivity contribution in [2.45, 2.75) is 25.3 Å². The lowest BCUT2D eigenvalue weighted by atomic mass is 10.1. The van der Waals surface area contributed by atoms with Crippen molar-refractivity contribution in [1.29, 1.82) is 0 Å². The van der Waals surface area contributed by atoms with E-state index in [-0.39, 0.29) is 0 Å². The second kappa shape index (κ2) is 5.97. The van der Waals surface area contributed by atoms with Crippen LogP contribution in [0, 0.1) is 0 Å². The van der Waals surface area contributed by atoms with Gasteiger partial charge in [-0.3, -0.25) is 9.88 Å². The summed E-state index contributed by atoms with van der Waals surface area (Å²) in [6.07, 6.45) is 7.59. The number of pyridine rings is 1. The molecule has 1 N–H and O–H groups in total. The fourth-order valence-corrected chi connectivity index (χ4v) is 2.48. The molecule has 0 amide bonds. The molecule has 0 aromatic carbocycles. The zero-order valence-corrected chi connectivity index (χ0v) is 10.0. The maximum Gasteiger partial charge on any atom is 0.0270 e. The summed E-state index contributed by atoms with van der Waals surface area (Å²) in [4.78, 5) is 6.65. The Labute approximate surface area is 97.9 Å². The molecular formula is C13H21N3. The van der Waals surface area contributed by atoms with Gasteiger partial charge in [0, 0.05) is 31.5 Å². The molecule has 3 nitrogen and oxygen atoms in total. The summed E-state index contributed by atoms with van der Waals surface area (Å²) in [5.74, 6) is 0. The number of rotatable bonds is 5. The van der Waals surface area contributed by atoms with Gasteiger partial charge in [-0.25, -0.2) is 0 Å². The van der Waals surface area contributed by atoms with Crippen LogP contribution in [0.1, 0.15) is 18.4 Å². The van der Waals surface area contributed by atoms with Crippen molar-refractivity contribution in [3.05, 3.63) is 30.1 Å². The van der Waals surface area contributed by atoms with Crippen LogP contribution < -0.4 is 5.32 Å². The highest BCUT2D eigenvalue weighted by Crippen LogP contribution is 2.16. The Balaban J connectivity index is 1.81. The van der Waals surface area contributed by atoms with Gasteiger partial charge in [0.05, 0.1) is 0 Å². The maximum atomic E-state index is 4.05. The molecule has 3 heteroatoms. The lowest BCUT2D eigenvalue weighted by Gasteiger charge is -2.24. The van der Waals surface area contributed by atoms with Gasteiger partial charge in [-0.05, 0) is 50.6 Å². The number of likely N-dealkylation sites (tertiary alicyclic amines) is 1. The Bertz CT molecular complexity index is 299. The Hall–Kier alpha value is -0.930. The van der Waals surface area contributed by atoms with E-state index in [0.717, 1.165) is 19.0 Å². The van der Waals surface area contributed by atoms with E-state index in [9.17, 15) is 0 Å². The molecule has 0 aliphatic carbocycles. The zero-order valence-electron chi connectivity index (χ0n) is 10.0. The van der Waals surface area contributed by atoms with Crippen LogP contribution in [0.5, 0.6) is 0 Å². The second-order valence-electron chi connectivity index (χ2n) is 4.50. The minimum absolute atomic E-state index is 0.742. The molecule has 0 radical (unpaired) electrons. The Morgan fingerprint density at radius 1 is 1.44 bits per heavy atom. The van der Waals surface area contributed by atoms with Crippen LogP contribution in [0.25, 0.3) is 0 Å². The predicted octanol–water partition coefficient (Wildman–Crippen LogP) is 1.31. The van der Waals surface area contributed by atoms with Crippen LogP contribution in [0.2, 0.25) is 0 Å². The molecule has 1 aromatic rings. The lowest BCUT2D eigenvalue weighted by molar-refractivity contribution is 0.253. The van der Waals surface area contributed by atoms with Crippen LogP contribution in [0.15, 0.2) is 24.5 Å². The van der Waals surface area contributed by atoms with Gasteiger partial charge in [-0.1, -0.05) is 0 Å². The summed E-state index contributed by atoms with van der Waals surface area (Å²) < 4.78 is 0. The number of likely N-dealkylation sites (N-methyl/N-ethyl adjacent to an activating group) is 1. The number of nitrogens with one attached hydrogen (secondary N) is 1. The monoisotopic (exact) mass is 219 g/mol. The van der Waals surface area contributed by atoms with Gasteiger partial charge in [0.15, 0.2) is 0 Å². The predicted molar refractivity (Wildman–Crippen MR) is 66.5 cm³/mol. The highest BCUT2D eigenvalue weighted by molar-refractivity contribution is 5.10. The standard InChI is InChI=1S/C13H21N3/c1-14-11-13-3-2-9-16(13)10-6-12-4-7-15-8-5-12/h4-5,7-8,13-14H,2-3,6,9-11H2,1H3. The summed E-state index contributed by atoms with van der Waals surface area (Å²) in [5.41, 5.74) is 1.39. The SMILES string of the molecule is CNCC1CCCN1CCc1ccncc1. The average Bonchev–Trinajstić information content (AvgIpc) is 2.76. The molecule has 1 fully saturated rings. The molecule has 1 unspecified atom stereocenters. The van der Waals surface area contributed by atoms with Gasteiger partial charge in [0.25, 0.3) is 0 Å². The van der Waals surface area contributed by atoms with Gasteiger partial charge < -0.3 is 5.32 Å². The van der Waals surface area contributed by atoms with Crippen LogP contribution in [0.4, 0.5) is 0 Å². The maximum absolute atomic E-state index is 4.05. The molecule has 88 valence electrons. The number of hydrogen-bond donors (Lipinski definition) is 1. The van der Waals surface area contributed by atoms with Crippen LogP contribution >= 0.6 is 0 Å². The molecular weight excluding hydrogens is 198 g/mol. The summed E-state index contributed by atoms with van der Waals surface area (Å²) in [6.45, 7) is 3.56. The molecule has 0 bridgehead atoms. The average molecular weight is 219 g/mol. The molecule has 1 aromatic heterocycles. The molecule has 1 saturated heterocycles. The summed E-state index contributed by atoms with van der Waals surface area (Å²) in [6, 6.07) is 4.97. The third-order valence-electron chi connectivity index (χ3n) is 3.38. The Kier molecular flexibility index (Phi) is 4.31. The van der Waals surface area contributed by atoms with Crippen molar-refractivity contribution < 1.29 is 0 Å². The highest BCUT2D eigenvalue weighted by Gasteiger charge is 2.22. The third-order valence-corrected chi connectivity index (χ3v) is 3.38. The molecule has 16 heavy (non-hydrogen) atoms. The van der Waals surface area contributed by atoms with Gasteiger partial charge in [0.1, 0.15) is 0 Å².